The van der Waals surface area contributed by atoms with Gasteiger partial charge in [0.2, 0.25) is 0 Å². The van der Waals surface area contributed by atoms with Crippen LogP contribution in [0, 0.1) is 20.8 Å². The van der Waals surface area contributed by atoms with Crippen LogP contribution in [-0.2, 0) is 0 Å². The Morgan fingerprint density at radius 1 is 0.714 bits per heavy atom. The van der Waals surface area contributed by atoms with Crippen molar-refractivity contribution in [3.05, 3.63) is 77.5 Å². The van der Waals surface area contributed by atoms with E-state index in [1.807, 2.05) is 24.4 Å². The summed E-state index contributed by atoms with van der Waals surface area (Å²) in [4.78, 5) is 4.58. The average molecular weight is 273 g/mol. The van der Waals surface area contributed by atoms with E-state index in [4.69, 9.17) is 0 Å². The minimum Gasteiger partial charge on any atom is -0.256 e. The summed E-state index contributed by atoms with van der Waals surface area (Å²) in [5.41, 5.74) is 8.50. The van der Waals surface area contributed by atoms with Gasteiger partial charge in [0, 0.05) is 11.8 Å². The third-order valence-electron chi connectivity index (χ3n) is 3.71. The third kappa shape index (κ3) is 2.87. The molecule has 3 rings (SSSR count). The van der Waals surface area contributed by atoms with E-state index in [0.29, 0.717) is 0 Å². The zero-order valence-electron chi connectivity index (χ0n) is 12.7. The highest BCUT2D eigenvalue weighted by Crippen LogP contribution is 2.28. The van der Waals surface area contributed by atoms with E-state index in [9.17, 15) is 0 Å². The van der Waals surface area contributed by atoms with E-state index < -0.39 is 0 Å². The highest BCUT2D eigenvalue weighted by molar-refractivity contribution is 5.73. The van der Waals surface area contributed by atoms with E-state index in [2.05, 4.69) is 62.2 Å². The molecule has 0 aliphatic heterocycles. The summed E-state index contributed by atoms with van der Waals surface area (Å²) >= 11 is 0. The first-order chi connectivity index (χ1) is 10.1. The van der Waals surface area contributed by atoms with Gasteiger partial charge in [-0.25, -0.2) is 0 Å². The summed E-state index contributed by atoms with van der Waals surface area (Å²) in [5, 5.41) is 0. The highest BCUT2D eigenvalue weighted by atomic mass is 14.7. The topological polar surface area (TPSA) is 12.9 Å². The van der Waals surface area contributed by atoms with Gasteiger partial charge in [-0.3, -0.25) is 4.98 Å². The quantitative estimate of drug-likeness (QED) is 0.614. The zero-order valence-corrected chi connectivity index (χ0v) is 12.7. The fourth-order valence-corrected chi connectivity index (χ4v) is 2.73. The molecule has 0 amide bonds. The van der Waals surface area contributed by atoms with Gasteiger partial charge < -0.3 is 0 Å². The normalized spacial score (nSPS) is 10.6. The van der Waals surface area contributed by atoms with Gasteiger partial charge in [-0.15, -0.1) is 0 Å². The second-order valence-electron chi connectivity index (χ2n) is 5.63. The predicted octanol–water partition coefficient (Wildman–Crippen LogP) is 5.34. The van der Waals surface area contributed by atoms with Crippen LogP contribution in [0.1, 0.15) is 16.7 Å². The number of hydrogen-bond donors (Lipinski definition) is 0. The van der Waals surface area contributed by atoms with Crippen LogP contribution in [0.4, 0.5) is 0 Å². The van der Waals surface area contributed by atoms with E-state index in [1.165, 1.54) is 27.8 Å². The molecule has 104 valence electrons. The summed E-state index contributed by atoms with van der Waals surface area (Å²) in [6.45, 7) is 6.41. The van der Waals surface area contributed by atoms with Crippen molar-refractivity contribution in [1.29, 1.82) is 0 Å². The van der Waals surface area contributed by atoms with Crippen molar-refractivity contribution in [3.8, 4) is 22.4 Å². The standard InChI is InChI=1S/C20H19N/c1-14-9-15(2)11-18(10-14)19-12-20(21-13-16(19)3)17-7-5-4-6-8-17/h4-13H,1-3H3. The molecule has 2 aromatic carbocycles. The number of hydrogen-bond acceptors (Lipinski definition) is 1. The Bertz CT molecular complexity index is 753. The Hall–Kier alpha value is -2.41. The van der Waals surface area contributed by atoms with Gasteiger partial charge >= 0.3 is 0 Å². The van der Waals surface area contributed by atoms with Gasteiger partial charge in [0.05, 0.1) is 5.69 Å². The number of aryl methyl sites for hydroxylation is 3. The molecular weight excluding hydrogens is 254 g/mol. The average Bonchev–Trinajstić information content (AvgIpc) is 2.47. The van der Waals surface area contributed by atoms with Crippen molar-refractivity contribution in [3.63, 3.8) is 0 Å². The van der Waals surface area contributed by atoms with Gasteiger partial charge in [-0.1, -0.05) is 59.7 Å². The van der Waals surface area contributed by atoms with E-state index in [0.717, 1.165) is 11.3 Å². The Morgan fingerprint density at radius 3 is 2.05 bits per heavy atom. The minimum atomic E-state index is 1.02. The second-order valence-corrected chi connectivity index (χ2v) is 5.63. The molecular formula is C20H19N. The lowest BCUT2D eigenvalue weighted by atomic mass is 9.97. The second kappa shape index (κ2) is 5.53. The van der Waals surface area contributed by atoms with Gasteiger partial charge in [-0.05, 0) is 43.5 Å². The lowest BCUT2D eigenvalue weighted by molar-refractivity contribution is 1.27. The maximum Gasteiger partial charge on any atom is 0.0708 e. The number of pyridine rings is 1. The van der Waals surface area contributed by atoms with Crippen LogP contribution in [-0.4, -0.2) is 4.98 Å². The van der Waals surface area contributed by atoms with Crippen LogP contribution < -0.4 is 0 Å². The zero-order chi connectivity index (χ0) is 14.8. The summed E-state index contributed by atoms with van der Waals surface area (Å²) in [6.07, 6.45) is 1.97. The molecule has 0 bridgehead atoms. The monoisotopic (exact) mass is 273 g/mol. The number of rotatable bonds is 2. The van der Waals surface area contributed by atoms with Crippen molar-refractivity contribution in [2.24, 2.45) is 0 Å². The molecule has 0 unspecified atom stereocenters. The highest BCUT2D eigenvalue weighted by Gasteiger charge is 2.07. The van der Waals surface area contributed by atoms with Gasteiger partial charge in [0.15, 0.2) is 0 Å². The summed E-state index contributed by atoms with van der Waals surface area (Å²) in [5.74, 6) is 0. The van der Waals surface area contributed by atoms with Gasteiger partial charge in [0.1, 0.15) is 0 Å². The molecule has 3 aromatic rings. The fourth-order valence-electron chi connectivity index (χ4n) is 2.73. The van der Waals surface area contributed by atoms with Crippen LogP contribution in [0.25, 0.3) is 22.4 Å². The number of benzene rings is 2. The van der Waals surface area contributed by atoms with Crippen LogP contribution >= 0.6 is 0 Å². The van der Waals surface area contributed by atoms with E-state index in [-0.39, 0.29) is 0 Å². The fraction of sp³-hybridized carbons (Fsp3) is 0.150. The third-order valence-corrected chi connectivity index (χ3v) is 3.71. The Morgan fingerprint density at radius 2 is 1.38 bits per heavy atom. The molecule has 0 radical (unpaired) electrons. The first-order valence-electron chi connectivity index (χ1n) is 7.24. The van der Waals surface area contributed by atoms with Crippen LogP contribution in [0.5, 0.6) is 0 Å². The molecule has 0 fully saturated rings. The molecule has 0 aliphatic carbocycles. The van der Waals surface area contributed by atoms with Crippen molar-refractivity contribution in [2.75, 3.05) is 0 Å². The molecule has 1 heteroatoms. The van der Waals surface area contributed by atoms with E-state index >= 15 is 0 Å². The lowest BCUT2D eigenvalue weighted by Crippen LogP contribution is -1.91. The first-order valence-corrected chi connectivity index (χ1v) is 7.24. The van der Waals surface area contributed by atoms with Crippen molar-refractivity contribution in [2.45, 2.75) is 20.8 Å². The predicted molar refractivity (Wildman–Crippen MR) is 89.3 cm³/mol. The van der Waals surface area contributed by atoms with Crippen molar-refractivity contribution >= 4 is 0 Å². The maximum absolute atomic E-state index is 4.58. The van der Waals surface area contributed by atoms with Crippen molar-refractivity contribution < 1.29 is 0 Å². The Balaban J connectivity index is 2.14. The number of nitrogens with zero attached hydrogens (tertiary/aromatic N) is 1. The van der Waals surface area contributed by atoms with E-state index in [1.54, 1.807) is 0 Å². The largest absolute Gasteiger partial charge is 0.256 e. The molecule has 1 aromatic heterocycles. The van der Waals surface area contributed by atoms with Crippen molar-refractivity contribution in [1.82, 2.24) is 4.98 Å². The summed E-state index contributed by atoms with van der Waals surface area (Å²) in [7, 11) is 0. The molecule has 1 nitrogen and oxygen atoms in total. The maximum atomic E-state index is 4.58. The Kier molecular flexibility index (Phi) is 3.57. The molecule has 21 heavy (non-hydrogen) atoms. The molecule has 0 spiro atoms. The summed E-state index contributed by atoms with van der Waals surface area (Å²) < 4.78 is 0. The van der Waals surface area contributed by atoms with Crippen LogP contribution in [0.15, 0.2) is 60.8 Å². The molecule has 0 atom stereocenters. The van der Waals surface area contributed by atoms with Crippen LogP contribution in [0.3, 0.4) is 0 Å². The molecule has 0 saturated carbocycles. The molecule has 0 N–H and O–H groups in total. The first kappa shape index (κ1) is 13.6. The molecule has 1 heterocycles. The number of aromatic nitrogens is 1. The smallest absolute Gasteiger partial charge is 0.0708 e. The lowest BCUT2D eigenvalue weighted by Gasteiger charge is -2.10. The van der Waals surface area contributed by atoms with Gasteiger partial charge in [-0.2, -0.15) is 0 Å². The Labute approximate surface area is 126 Å². The molecule has 0 aliphatic rings. The van der Waals surface area contributed by atoms with Gasteiger partial charge in [0.25, 0.3) is 0 Å². The summed E-state index contributed by atoms with van der Waals surface area (Å²) in [6, 6.07) is 19.2. The molecule has 0 saturated heterocycles. The minimum absolute atomic E-state index is 1.02. The van der Waals surface area contributed by atoms with Crippen LogP contribution in [0.2, 0.25) is 0 Å². The SMILES string of the molecule is Cc1cc(C)cc(-c2cc(-c3ccccc3)ncc2C)c1.